The molecule has 15 N–H and O–H groups in total. The van der Waals surface area contributed by atoms with Crippen molar-refractivity contribution >= 4 is 0 Å². The molecule has 2 aliphatic heterocycles. The highest BCUT2D eigenvalue weighted by atomic mass is 16.7. The predicted molar refractivity (Wildman–Crippen MR) is 108 cm³/mol. The minimum atomic E-state index is -1.66. The fourth-order valence-electron chi connectivity index (χ4n) is 4.40. The fourth-order valence-corrected chi connectivity index (χ4v) is 4.40. The molecule has 1 unspecified atom stereocenters. The second kappa shape index (κ2) is 11.0. The van der Waals surface area contributed by atoms with E-state index >= 15 is 0 Å². The zero-order chi connectivity index (χ0) is 24.6. The highest BCUT2D eigenvalue weighted by molar-refractivity contribution is 5.01. The maximum atomic E-state index is 10.9. The number of hydrogen-bond acceptors (Lipinski definition) is 15. The van der Waals surface area contributed by atoms with Gasteiger partial charge in [-0.15, -0.1) is 0 Å². The van der Waals surface area contributed by atoms with Crippen molar-refractivity contribution in [1.82, 2.24) is 0 Å². The van der Waals surface area contributed by atoms with Crippen LogP contribution in [-0.4, -0.2) is 141 Å². The molecule has 0 radical (unpaired) electrons. The number of hydrogen-bond donors (Lipinski definition) is 11. The van der Waals surface area contributed by atoms with Gasteiger partial charge in [-0.1, -0.05) is 0 Å². The van der Waals surface area contributed by atoms with Gasteiger partial charge in [0.2, 0.25) is 0 Å². The summed E-state index contributed by atoms with van der Waals surface area (Å²) in [6, 6.07) is -2.86. The van der Waals surface area contributed by atoms with Crippen molar-refractivity contribution in [3.8, 4) is 0 Å². The van der Waals surface area contributed by atoms with E-state index in [4.69, 9.17) is 41.9 Å². The molecule has 15 atom stereocenters. The first-order chi connectivity index (χ1) is 15.5. The molecule has 194 valence electrons. The van der Waals surface area contributed by atoms with Crippen LogP contribution in [0.1, 0.15) is 6.42 Å². The van der Waals surface area contributed by atoms with Crippen molar-refractivity contribution < 1.29 is 54.7 Å². The Morgan fingerprint density at radius 2 is 1.18 bits per heavy atom. The third kappa shape index (κ3) is 5.32. The van der Waals surface area contributed by atoms with Gasteiger partial charge < -0.3 is 77.6 Å². The number of ether oxygens (including phenoxy) is 4. The van der Waals surface area contributed by atoms with Crippen molar-refractivity contribution in [2.75, 3.05) is 13.2 Å². The summed E-state index contributed by atoms with van der Waals surface area (Å²) in [7, 11) is 0. The minimum Gasteiger partial charge on any atom is -0.394 e. The van der Waals surface area contributed by atoms with Crippen LogP contribution in [-0.2, 0) is 18.9 Å². The Hall–Kier alpha value is -0.600. The van der Waals surface area contributed by atoms with Crippen molar-refractivity contribution in [1.29, 1.82) is 0 Å². The standard InChI is InChI=1S/C18H36N4O11/c19-2-6-10(25)12(27)13(28)18(30-6)33-16-5(21)1-4(20)15(14(16)29)32-17-11(26)8(22)9(24)7(3-23)31-17/h4-18,23-29H,1-3,19-22H2/t4-,5+,6-,7-,8+,9-,10-,11-,12+,13-,14-,15+,16-,17?,18-/m1/s1. The van der Waals surface area contributed by atoms with Crippen LogP contribution in [0.15, 0.2) is 0 Å². The van der Waals surface area contributed by atoms with E-state index in [0.717, 1.165) is 0 Å². The zero-order valence-electron chi connectivity index (χ0n) is 17.9. The molecule has 0 aromatic heterocycles. The Bertz CT molecular complexity index is 584. The lowest BCUT2D eigenvalue weighted by Gasteiger charge is -2.48. The van der Waals surface area contributed by atoms with E-state index in [2.05, 4.69) is 0 Å². The lowest BCUT2D eigenvalue weighted by atomic mass is 9.84. The Morgan fingerprint density at radius 3 is 1.70 bits per heavy atom. The van der Waals surface area contributed by atoms with Gasteiger partial charge >= 0.3 is 0 Å². The number of nitrogens with two attached hydrogens (primary N) is 4. The molecule has 0 bridgehead atoms. The summed E-state index contributed by atoms with van der Waals surface area (Å²) in [6.07, 6.45) is -16.5. The maximum absolute atomic E-state index is 10.9. The molecule has 0 aromatic carbocycles. The number of rotatable bonds is 6. The largest absolute Gasteiger partial charge is 0.394 e. The summed E-state index contributed by atoms with van der Waals surface area (Å²) < 4.78 is 22.2. The third-order valence-corrected chi connectivity index (χ3v) is 6.48. The van der Waals surface area contributed by atoms with E-state index in [1.54, 1.807) is 0 Å². The van der Waals surface area contributed by atoms with Crippen LogP contribution in [0, 0.1) is 0 Å². The Morgan fingerprint density at radius 1 is 0.667 bits per heavy atom. The molecule has 33 heavy (non-hydrogen) atoms. The Kier molecular flexibility index (Phi) is 8.99. The summed E-state index contributed by atoms with van der Waals surface area (Å²) in [5.41, 5.74) is 23.5. The summed E-state index contributed by atoms with van der Waals surface area (Å²) in [5.74, 6) is 0. The summed E-state index contributed by atoms with van der Waals surface area (Å²) >= 11 is 0. The molecule has 2 saturated heterocycles. The molecule has 2 heterocycles. The average molecular weight is 485 g/mol. The molecule has 3 aliphatic rings. The molecule has 0 amide bonds. The third-order valence-electron chi connectivity index (χ3n) is 6.48. The molecule has 3 rings (SSSR count). The fraction of sp³-hybridized carbons (Fsp3) is 1.00. The monoisotopic (exact) mass is 484 g/mol. The van der Waals surface area contributed by atoms with E-state index in [-0.39, 0.29) is 13.0 Å². The van der Waals surface area contributed by atoms with Gasteiger partial charge in [0, 0.05) is 18.6 Å². The van der Waals surface area contributed by atoms with Crippen LogP contribution in [0.3, 0.4) is 0 Å². The molecule has 0 spiro atoms. The van der Waals surface area contributed by atoms with Gasteiger partial charge in [-0.2, -0.15) is 0 Å². The highest BCUT2D eigenvalue weighted by Gasteiger charge is 2.51. The minimum absolute atomic E-state index is 0.0849. The van der Waals surface area contributed by atoms with Crippen molar-refractivity contribution in [3.63, 3.8) is 0 Å². The van der Waals surface area contributed by atoms with Crippen molar-refractivity contribution in [3.05, 3.63) is 0 Å². The highest BCUT2D eigenvalue weighted by Crippen LogP contribution is 2.31. The topological polar surface area (TPSA) is 283 Å². The van der Waals surface area contributed by atoms with Gasteiger partial charge in [0.25, 0.3) is 0 Å². The van der Waals surface area contributed by atoms with E-state index in [0.29, 0.717) is 0 Å². The first-order valence-corrected chi connectivity index (χ1v) is 10.8. The molecule has 15 heteroatoms. The Balaban J connectivity index is 1.72. The van der Waals surface area contributed by atoms with Crippen LogP contribution in [0.25, 0.3) is 0 Å². The molecule has 15 nitrogen and oxygen atoms in total. The van der Waals surface area contributed by atoms with E-state index in [1.807, 2.05) is 0 Å². The second-order valence-electron chi connectivity index (χ2n) is 8.79. The maximum Gasteiger partial charge on any atom is 0.187 e. The quantitative estimate of drug-likeness (QED) is 0.167. The van der Waals surface area contributed by atoms with Crippen molar-refractivity contribution in [2.45, 2.75) is 98.2 Å². The van der Waals surface area contributed by atoms with Crippen LogP contribution in [0.5, 0.6) is 0 Å². The lowest BCUT2D eigenvalue weighted by molar-refractivity contribution is -0.332. The van der Waals surface area contributed by atoms with Crippen LogP contribution in [0.2, 0.25) is 0 Å². The molecular formula is C18H36N4O11. The molecule has 1 saturated carbocycles. The van der Waals surface area contributed by atoms with Gasteiger partial charge in [0.05, 0.1) is 12.6 Å². The summed E-state index contributed by atoms with van der Waals surface area (Å²) in [6.45, 7) is -0.763. The van der Waals surface area contributed by atoms with Gasteiger partial charge in [-0.3, -0.25) is 0 Å². The predicted octanol–water partition coefficient (Wildman–Crippen LogP) is -7.29. The number of aliphatic hydroxyl groups excluding tert-OH is 7. The Labute approximate surface area is 189 Å². The first-order valence-electron chi connectivity index (χ1n) is 10.8. The van der Waals surface area contributed by atoms with Gasteiger partial charge in [-0.05, 0) is 6.42 Å². The number of aliphatic hydroxyl groups is 7. The van der Waals surface area contributed by atoms with Gasteiger partial charge in [0.1, 0.15) is 61.0 Å². The summed E-state index contributed by atoms with van der Waals surface area (Å²) in [5, 5.41) is 70.9. The van der Waals surface area contributed by atoms with E-state index < -0.39 is 98.4 Å². The van der Waals surface area contributed by atoms with E-state index in [1.165, 1.54) is 0 Å². The normalized spacial score (nSPS) is 53.7. The van der Waals surface area contributed by atoms with Gasteiger partial charge in [0.15, 0.2) is 12.6 Å². The van der Waals surface area contributed by atoms with Crippen LogP contribution >= 0.6 is 0 Å². The average Bonchev–Trinajstić information content (AvgIpc) is 2.79. The molecular weight excluding hydrogens is 448 g/mol. The van der Waals surface area contributed by atoms with E-state index in [9.17, 15) is 35.7 Å². The van der Waals surface area contributed by atoms with Crippen molar-refractivity contribution in [2.24, 2.45) is 22.9 Å². The zero-order valence-corrected chi connectivity index (χ0v) is 17.9. The molecule has 3 fully saturated rings. The van der Waals surface area contributed by atoms with Gasteiger partial charge in [-0.25, -0.2) is 0 Å². The summed E-state index contributed by atoms with van der Waals surface area (Å²) in [4.78, 5) is 0. The van der Waals surface area contributed by atoms with Crippen LogP contribution in [0.4, 0.5) is 0 Å². The van der Waals surface area contributed by atoms with Crippen LogP contribution < -0.4 is 22.9 Å². The molecule has 0 aromatic rings. The SMILES string of the molecule is NC[C@H]1O[C@H](O[C@H]2[C@H](O)[C@@H](OC3O[C@H](CO)[C@@H](O)[C@H](N)[C@H]3O)[C@H](N)C[C@@H]2N)[C@H](O)[C@@H](O)[C@@H]1O. The first kappa shape index (κ1) is 27.0. The smallest absolute Gasteiger partial charge is 0.187 e. The molecule has 1 aliphatic carbocycles. The lowest BCUT2D eigenvalue weighted by Crippen LogP contribution is -2.68. The second-order valence-corrected chi connectivity index (χ2v) is 8.79.